The van der Waals surface area contributed by atoms with Gasteiger partial charge >= 0.3 is 0 Å². The molecule has 5 nitrogen and oxygen atoms in total. The number of allylic oxidation sites excluding steroid dienone is 1. The number of rotatable bonds is 3. The van der Waals surface area contributed by atoms with E-state index in [1.807, 2.05) is 6.92 Å². The van der Waals surface area contributed by atoms with Crippen LogP contribution in [0.25, 0.3) is 0 Å². The number of benzene rings is 1. The Hall–Kier alpha value is -1.66. The molecule has 1 aromatic carbocycles. The lowest BCUT2D eigenvalue weighted by Gasteiger charge is -2.57. The van der Waals surface area contributed by atoms with Gasteiger partial charge in [-0.3, -0.25) is 0 Å². The number of sulfonamides is 1. The Morgan fingerprint density at radius 3 is 2.19 bits per heavy atom. The Kier molecular flexibility index (Phi) is 5.03. The average Bonchev–Trinajstić information content (AvgIpc) is 2.55. The van der Waals surface area contributed by atoms with Gasteiger partial charge in [-0.05, 0) is 73.8 Å². The summed E-state index contributed by atoms with van der Waals surface area (Å²) in [5.41, 5.74) is 2.98. The average molecular weight is 445 g/mol. The molecular weight excluding hydrogens is 408 g/mol. The summed E-state index contributed by atoms with van der Waals surface area (Å²) >= 11 is 0. The Morgan fingerprint density at radius 1 is 0.903 bits per heavy atom. The predicted octanol–water partition coefficient (Wildman–Crippen LogP) is 5.10. The highest BCUT2D eigenvalue weighted by Gasteiger charge is 2.56. The molecule has 3 aliphatic rings. The van der Waals surface area contributed by atoms with E-state index in [9.17, 15) is 13.5 Å². The summed E-state index contributed by atoms with van der Waals surface area (Å²) < 4.78 is 25.7. The zero-order chi connectivity index (χ0) is 22.9. The molecule has 6 heteroatoms. The fourth-order valence-corrected chi connectivity index (χ4v) is 7.69. The minimum absolute atomic E-state index is 0.0269. The van der Waals surface area contributed by atoms with E-state index in [0.717, 1.165) is 30.4 Å². The molecule has 0 saturated heterocycles. The number of fused-ring (bicyclic) bond motifs is 3. The van der Waals surface area contributed by atoms with Crippen molar-refractivity contribution in [3.8, 4) is 0 Å². The summed E-state index contributed by atoms with van der Waals surface area (Å²) in [4.78, 5) is 2.67. The molecule has 1 saturated carbocycles. The maximum absolute atomic E-state index is 12.9. The SMILES string of the molecule is Cc1ccc(S(=O)(=O)N/N=C2/CC(C)(C)CC3=C2C2(O)CC(C)(C)CC(C)(C3)C2)cc1. The second-order valence-electron chi connectivity index (χ2n) is 12.2. The van der Waals surface area contributed by atoms with E-state index >= 15 is 0 Å². The number of hydrogen-bond acceptors (Lipinski definition) is 4. The Morgan fingerprint density at radius 2 is 1.55 bits per heavy atom. The lowest BCUT2D eigenvalue weighted by Crippen LogP contribution is -2.54. The number of aryl methyl sites for hydroxylation is 1. The highest BCUT2D eigenvalue weighted by Crippen LogP contribution is 2.61. The van der Waals surface area contributed by atoms with Crippen LogP contribution in [0.5, 0.6) is 0 Å². The summed E-state index contributed by atoms with van der Waals surface area (Å²) in [6, 6.07) is 6.74. The van der Waals surface area contributed by atoms with Crippen LogP contribution in [0.3, 0.4) is 0 Å². The van der Waals surface area contributed by atoms with Crippen LogP contribution < -0.4 is 4.83 Å². The monoisotopic (exact) mass is 444 g/mol. The number of hydrogen-bond donors (Lipinski definition) is 2. The van der Waals surface area contributed by atoms with Crippen LogP contribution in [-0.4, -0.2) is 24.8 Å². The van der Waals surface area contributed by atoms with Crippen LogP contribution in [0.15, 0.2) is 45.4 Å². The van der Waals surface area contributed by atoms with Crippen molar-refractivity contribution in [3.63, 3.8) is 0 Å². The quantitative estimate of drug-likeness (QED) is 0.637. The maximum Gasteiger partial charge on any atom is 0.276 e. The van der Waals surface area contributed by atoms with Gasteiger partial charge in [-0.25, -0.2) is 0 Å². The molecule has 1 fully saturated rings. The molecule has 31 heavy (non-hydrogen) atoms. The maximum atomic E-state index is 12.9. The molecule has 0 heterocycles. The number of aliphatic hydroxyl groups is 1. The van der Waals surface area contributed by atoms with Crippen molar-refractivity contribution >= 4 is 15.7 Å². The summed E-state index contributed by atoms with van der Waals surface area (Å²) in [5.74, 6) is 0. The Bertz CT molecular complexity index is 1070. The second kappa shape index (κ2) is 6.92. The van der Waals surface area contributed by atoms with Crippen LogP contribution in [0.2, 0.25) is 0 Å². The van der Waals surface area contributed by atoms with Gasteiger partial charge < -0.3 is 5.11 Å². The molecule has 4 rings (SSSR count). The van der Waals surface area contributed by atoms with E-state index in [1.54, 1.807) is 24.3 Å². The zero-order valence-electron chi connectivity index (χ0n) is 19.7. The zero-order valence-corrected chi connectivity index (χ0v) is 20.5. The van der Waals surface area contributed by atoms with Gasteiger partial charge in [0.1, 0.15) is 0 Å². The fraction of sp³-hybridized carbons (Fsp3) is 0.640. The van der Waals surface area contributed by atoms with Crippen molar-refractivity contribution in [1.29, 1.82) is 0 Å². The molecule has 0 spiro atoms. The van der Waals surface area contributed by atoms with Crippen LogP contribution in [-0.2, 0) is 10.0 Å². The molecule has 0 radical (unpaired) electrons. The molecule has 0 amide bonds. The van der Waals surface area contributed by atoms with Gasteiger partial charge in [0, 0.05) is 5.57 Å². The van der Waals surface area contributed by atoms with Crippen molar-refractivity contribution in [2.45, 2.75) is 90.6 Å². The Balaban J connectivity index is 1.76. The minimum atomic E-state index is -3.77. The molecule has 0 aromatic heterocycles. The van der Waals surface area contributed by atoms with Gasteiger partial charge in [0.05, 0.1) is 16.2 Å². The third-order valence-corrected chi connectivity index (χ3v) is 8.34. The highest BCUT2D eigenvalue weighted by molar-refractivity contribution is 7.89. The lowest BCUT2D eigenvalue weighted by atomic mass is 9.49. The van der Waals surface area contributed by atoms with Crippen LogP contribution in [0.1, 0.15) is 78.7 Å². The number of nitrogens with one attached hydrogen (secondary N) is 1. The molecule has 2 N–H and O–H groups in total. The molecule has 2 bridgehead atoms. The first-order chi connectivity index (χ1) is 14.1. The van der Waals surface area contributed by atoms with E-state index in [4.69, 9.17) is 0 Å². The molecule has 3 aliphatic carbocycles. The molecule has 170 valence electrons. The largest absolute Gasteiger partial charge is 0.385 e. The van der Waals surface area contributed by atoms with Crippen LogP contribution in [0, 0.1) is 23.2 Å². The van der Waals surface area contributed by atoms with Gasteiger partial charge in [0.15, 0.2) is 0 Å². The van der Waals surface area contributed by atoms with Crippen LogP contribution >= 0.6 is 0 Å². The molecule has 0 aliphatic heterocycles. The molecule has 1 aromatic rings. The normalized spacial score (nSPS) is 33.2. The predicted molar refractivity (Wildman–Crippen MR) is 124 cm³/mol. The molecule has 2 atom stereocenters. The van der Waals surface area contributed by atoms with Crippen LogP contribution in [0.4, 0.5) is 0 Å². The smallest absolute Gasteiger partial charge is 0.276 e. The first-order valence-electron chi connectivity index (χ1n) is 11.2. The van der Waals surface area contributed by atoms with Crippen molar-refractivity contribution in [1.82, 2.24) is 4.83 Å². The van der Waals surface area contributed by atoms with E-state index in [2.05, 4.69) is 44.6 Å². The summed E-state index contributed by atoms with van der Waals surface area (Å²) in [5, 5.41) is 16.4. The van der Waals surface area contributed by atoms with Crippen molar-refractivity contribution in [2.75, 3.05) is 0 Å². The van der Waals surface area contributed by atoms with Gasteiger partial charge in [0.25, 0.3) is 10.0 Å². The van der Waals surface area contributed by atoms with Gasteiger partial charge in [-0.2, -0.15) is 18.4 Å². The van der Waals surface area contributed by atoms with Gasteiger partial charge in [0.2, 0.25) is 0 Å². The second-order valence-corrected chi connectivity index (χ2v) is 13.8. The first-order valence-corrected chi connectivity index (χ1v) is 12.7. The fourth-order valence-electron chi connectivity index (χ4n) is 6.86. The van der Waals surface area contributed by atoms with Crippen molar-refractivity contribution < 1.29 is 13.5 Å². The van der Waals surface area contributed by atoms with E-state index in [1.165, 1.54) is 5.57 Å². The van der Waals surface area contributed by atoms with E-state index < -0.39 is 15.6 Å². The third kappa shape index (κ3) is 4.34. The van der Waals surface area contributed by atoms with Gasteiger partial charge in [-0.1, -0.05) is 57.9 Å². The summed E-state index contributed by atoms with van der Waals surface area (Å²) in [6.07, 6.45) is 4.99. The molecular formula is C25H36N2O3S. The Labute approximate surface area is 187 Å². The number of nitrogens with zero attached hydrogens (tertiary/aromatic N) is 1. The van der Waals surface area contributed by atoms with Crippen molar-refractivity contribution in [3.05, 3.63) is 41.0 Å². The molecule has 2 unspecified atom stereocenters. The third-order valence-electron chi connectivity index (χ3n) is 7.11. The van der Waals surface area contributed by atoms with Crippen molar-refractivity contribution in [2.24, 2.45) is 21.3 Å². The topological polar surface area (TPSA) is 78.8 Å². The summed E-state index contributed by atoms with van der Waals surface area (Å²) in [6.45, 7) is 13.1. The standard InChI is InChI=1S/C25H36N2O3S/c1-17-7-9-19(10-8-17)31(29,30)27-26-20-13-22(2,3)11-18-12-24(6)14-23(4,5)15-25(28,16-24)21(18)20/h7-10,27-28H,11-16H2,1-6H3/b26-20-. The number of hydrazone groups is 1. The minimum Gasteiger partial charge on any atom is -0.385 e. The van der Waals surface area contributed by atoms with E-state index in [0.29, 0.717) is 25.0 Å². The highest BCUT2D eigenvalue weighted by atomic mass is 32.2. The van der Waals surface area contributed by atoms with E-state index in [-0.39, 0.29) is 21.1 Å². The lowest BCUT2D eigenvalue weighted by molar-refractivity contribution is -0.0754. The van der Waals surface area contributed by atoms with Gasteiger partial charge in [-0.15, -0.1) is 0 Å². The summed E-state index contributed by atoms with van der Waals surface area (Å²) in [7, 11) is -3.77. The first kappa shape index (κ1) is 22.5.